The van der Waals surface area contributed by atoms with Crippen LogP contribution in [0.5, 0.6) is 11.5 Å². The zero-order chi connectivity index (χ0) is 14.4. The molecular weight excluding hydrogens is 261 g/mol. The predicted molar refractivity (Wildman–Crippen MR) is 73.1 cm³/mol. The minimum atomic E-state index is -0.292. The molecule has 0 aliphatic heterocycles. The zero-order valence-electron chi connectivity index (χ0n) is 10.9. The van der Waals surface area contributed by atoms with E-state index in [2.05, 4.69) is 5.16 Å². The first kappa shape index (κ1) is 13.9. The lowest BCUT2D eigenvalue weighted by Crippen LogP contribution is -2.01. The molecule has 0 aliphatic carbocycles. The first-order valence-corrected chi connectivity index (χ1v) is 5.96. The molecule has 2 rings (SSSR count). The van der Waals surface area contributed by atoms with Crippen LogP contribution in [0.15, 0.2) is 47.6 Å². The zero-order valence-corrected chi connectivity index (χ0v) is 10.9. The third kappa shape index (κ3) is 3.26. The quantitative estimate of drug-likeness (QED) is 0.518. The Hall–Kier alpha value is -2.56. The Morgan fingerprint density at radius 3 is 2.60 bits per heavy atom. The van der Waals surface area contributed by atoms with Gasteiger partial charge in [0.15, 0.2) is 11.5 Å². The highest BCUT2D eigenvalue weighted by atomic mass is 19.1. The molecule has 5 heteroatoms. The molecule has 0 bridgehead atoms. The van der Waals surface area contributed by atoms with Gasteiger partial charge in [0.2, 0.25) is 0 Å². The summed E-state index contributed by atoms with van der Waals surface area (Å²) in [5, 5.41) is 11.7. The molecule has 4 nitrogen and oxygen atoms in total. The Balaban J connectivity index is 2.21. The molecule has 0 aromatic heterocycles. The molecule has 0 amide bonds. The summed E-state index contributed by atoms with van der Waals surface area (Å²) in [7, 11) is 1.53. The average molecular weight is 275 g/mol. The van der Waals surface area contributed by atoms with Crippen molar-refractivity contribution in [2.75, 3.05) is 7.11 Å². The van der Waals surface area contributed by atoms with Crippen LogP contribution in [0.1, 0.15) is 11.1 Å². The van der Waals surface area contributed by atoms with Crippen molar-refractivity contribution in [2.24, 2.45) is 5.16 Å². The second-order valence-electron chi connectivity index (χ2n) is 4.04. The monoisotopic (exact) mass is 275 g/mol. The number of nitrogens with zero attached hydrogens (tertiary/aromatic N) is 1. The average Bonchev–Trinajstić information content (AvgIpc) is 2.47. The molecule has 0 radical (unpaired) electrons. The number of hydrogen-bond donors (Lipinski definition) is 1. The van der Waals surface area contributed by atoms with E-state index in [1.807, 2.05) is 0 Å². The van der Waals surface area contributed by atoms with Crippen molar-refractivity contribution in [1.29, 1.82) is 0 Å². The van der Waals surface area contributed by atoms with Crippen LogP contribution in [0.3, 0.4) is 0 Å². The van der Waals surface area contributed by atoms with Crippen molar-refractivity contribution in [3.63, 3.8) is 0 Å². The third-order valence-electron chi connectivity index (χ3n) is 2.72. The van der Waals surface area contributed by atoms with Gasteiger partial charge < -0.3 is 14.7 Å². The SMILES string of the molecule is COc1cccc(C=NO)c1OCc1ccc(F)cc1. The molecular formula is C15H14FNO3. The van der Waals surface area contributed by atoms with Crippen LogP contribution >= 0.6 is 0 Å². The van der Waals surface area contributed by atoms with E-state index in [1.54, 1.807) is 30.3 Å². The Morgan fingerprint density at radius 2 is 1.95 bits per heavy atom. The maximum absolute atomic E-state index is 12.8. The van der Waals surface area contributed by atoms with Gasteiger partial charge in [0, 0.05) is 5.56 Å². The molecule has 0 aliphatic rings. The molecule has 0 saturated heterocycles. The smallest absolute Gasteiger partial charge is 0.170 e. The standard InChI is InChI=1S/C15H14FNO3/c1-19-14-4-2-3-12(9-17-18)15(14)20-10-11-5-7-13(16)8-6-11/h2-9,18H,10H2,1H3. The van der Waals surface area contributed by atoms with Gasteiger partial charge in [-0.15, -0.1) is 0 Å². The highest BCUT2D eigenvalue weighted by Crippen LogP contribution is 2.30. The number of benzene rings is 2. The van der Waals surface area contributed by atoms with Gasteiger partial charge in [-0.1, -0.05) is 23.4 Å². The van der Waals surface area contributed by atoms with Crippen molar-refractivity contribution in [3.05, 3.63) is 59.4 Å². The molecule has 104 valence electrons. The number of para-hydroxylation sites is 1. The van der Waals surface area contributed by atoms with Crippen molar-refractivity contribution >= 4 is 6.21 Å². The van der Waals surface area contributed by atoms with E-state index < -0.39 is 0 Å². The Bertz CT molecular complexity index is 597. The highest BCUT2D eigenvalue weighted by molar-refractivity contribution is 5.84. The Kier molecular flexibility index (Phi) is 4.55. The fourth-order valence-electron chi connectivity index (χ4n) is 1.75. The summed E-state index contributed by atoms with van der Waals surface area (Å²) in [5.74, 6) is 0.709. The maximum Gasteiger partial charge on any atom is 0.170 e. The van der Waals surface area contributed by atoms with Crippen LogP contribution in [-0.2, 0) is 6.61 Å². The number of hydrogen-bond acceptors (Lipinski definition) is 4. The van der Waals surface area contributed by atoms with E-state index in [1.165, 1.54) is 25.5 Å². The fourth-order valence-corrected chi connectivity index (χ4v) is 1.75. The number of rotatable bonds is 5. The van der Waals surface area contributed by atoms with Crippen molar-refractivity contribution in [2.45, 2.75) is 6.61 Å². The lowest BCUT2D eigenvalue weighted by molar-refractivity contribution is 0.283. The van der Waals surface area contributed by atoms with E-state index in [0.29, 0.717) is 17.1 Å². The fraction of sp³-hybridized carbons (Fsp3) is 0.133. The van der Waals surface area contributed by atoms with E-state index in [9.17, 15) is 4.39 Å². The molecule has 0 saturated carbocycles. The summed E-state index contributed by atoms with van der Waals surface area (Å²) in [4.78, 5) is 0. The van der Waals surface area contributed by atoms with Crippen LogP contribution < -0.4 is 9.47 Å². The van der Waals surface area contributed by atoms with E-state index >= 15 is 0 Å². The molecule has 0 spiro atoms. The molecule has 0 fully saturated rings. The summed E-state index contributed by atoms with van der Waals surface area (Å²) in [5.41, 5.74) is 1.41. The van der Waals surface area contributed by atoms with Crippen molar-refractivity contribution < 1.29 is 19.1 Å². The van der Waals surface area contributed by atoms with Crippen molar-refractivity contribution in [3.8, 4) is 11.5 Å². The van der Waals surface area contributed by atoms with Crippen LogP contribution in [0.25, 0.3) is 0 Å². The van der Waals surface area contributed by atoms with Crippen LogP contribution in [0, 0.1) is 5.82 Å². The summed E-state index contributed by atoms with van der Waals surface area (Å²) in [6.45, 7) is 0.257. The molecule has 0 unspecified atom stereocenters. The second-order valence-corrected chi connectivity index (χ2v) is 4.04. The summed E-state index contributed by atoms with van der Waals surface area (Å²) >= 11 is 0. The van der Waals surface area contributed by atoms with Gasteiger partial charge in [0.05, 0.1) is 13.3 Å². The molecule has 2 aromatic rings. The van der Waals surface area contributed by atoms with Gasteiger partial charge in [0.25, 0.3) is 0 Å². The minimum Gasteiger partial charge on any atom is -0.493 e. The van der Waals surface area contributed by atoms with Crippen LogP contribution in [0.2, 0.25) is 0 Å². The first-order chi connectivity index (χ1) is 9.74. The number of oxime groups is 1. The molecule has 1 N–H and O–H groups in total. The number of methoxy groups -OCH3 is 1. The van der Waals surface area contributed by atoms with E-state index in [0.717, 1.165) is 5.56 Å². The first-order valence-electron chi connectivity index (χ1n) is 5.96. The minimum absolute atomic E-state index is 0.257. The Labute approximate surface area is 116 Å². The summed E-state index contributed by atoms with van der Waals surface area (Å²) in [6.07, 6.45) is 1.27. The summed E-state index contributed by atoms with van der Waals surface area (Å²) in [6, 6.07) is 11.3. The van der Waals surface area contributed by atoms with Gasteiger partial charge in [-0.25, -0.2) is 4.39 Å². The van der Waals surface area contributed by atoms with E-state index in [4.69, 9.17) is 14.7 Å². The second kappa shape index (κ2) is 6.56. The normalized spacial score (nSPS) is 10.7. The maximum atomic E-state index is 12.8. The summed E-state index contributed by atoms with van der Waals surface area (Å²) < 4.78 is 23.7. The number of ether oxygens (including phenoxy) is 2. The van der Waals surface area contributed by atoms with Gasteiger partial charge in [0.1, 0.15) is 12.4 Å². The molecule has 2 aromatic carbocycles. The predicted octanol–water partition coefficient (Wildman–Crippen LogP) is 3.22. The topological polar surface area (TPSA) is 51.0 Å². The molecule has 0 heterocycles. The third-order valence-corrected chi connectivity index (χ3v) is 2.72. The van der Waals surface area contributed by atoms with Crippen LogP contribution in [0.4, 0.5) is 4.39 Å². The van der Waals surface area contributed by atoms with Crippen molar-refractivity contribution in [1.82, 2.24) is 0 Å². The van der Waals surface area contributed by atoms with Gasteiger partial charge in [-0.05, 0) is 29.8 Å². The van der Waals surface area contributed by atoms with Gasteiger partial charge in [-0.3, -0.25) is 0 Å². The molecule has 0 atom stereocenters. The van der Waals surface area contributed by atoms with Crippen LogP contribution in [-0.4, -0.2) is 18.5 Å². The molecule has 20 heavy (non-hydrogen) atoms. The van der Waals surface area contributed by atoms with E-state index in [-0.39, 0.29) is 12.4 Å². The lowest BCUT2D eigenvalue weighted by atomic mass is 10.2. The lowest BCUT2D eigenvalue weighted by Gasteiger charge is -2.13. The highest BCUT2D eigenvalue weighted by Gasteiger charge is 2.09. The largest absolute Gasteiger partial charge is 0.493 e. The Morgan fingerprint density at radius 1 is 1.20 bits per heavy atom. The van der Waals surface area contributed by atoms with Gasteiger partial charge >= 0.3 is 0 Å². The number of halogens is 1. The van der Waals surface area contributed by atoms with Gasteiger partial charge in [-0.2, -0.15) is 0 Å².